The van der Waals surface area contributed by atoms with Crippen LogP contribution in [-0.2, 0) is 14.3 Å². The third-order valence-electron chi connectivity index (χ3n) is 3.39. The lowest BCUT2D eigenvalue weighted by Gasteiger charge is -2.27. The van der Waals surface area contributed by atoms with Gasteiger partial charge in [-0.25, -0.2) is 0 Å². The standard InChI is InChI=1S/C16H18Cl2N2O3S/c1-10(2)16(3,9-19)20-14(21)7-23-15(22)8-24-13-6-11(17)4-5-12(13)18/h4-6,10H,7-8H2,1-3H3,(H,20,21)/t16-/m1/s1. The summed E-state index contributed by atoms with van der Waals surface area (Å²) >= 11 is 13.0. The molecule has 0 aliphatic heterocycles. The Morgan fingerprint density at radius 1 is 1.42 bits per heavy atom. The molecule has 0 saturated carbocycles. The van der Waals surface area contributed by atoms with Gasteiger partial charge in [0.05, 0.1) is 16.8 Å². The van der Waals surface area contributed by atoms with Gasteiger partial charge in [0.15, 0.2) is 6.61 Å². The van der Waals surface area contributed by atoms with Crippen molar-refractivity contribution in [3.05, 3.63) is 28.2 Å². The first-order chi connectivity index (χ1) is 11.2. The molecule has 0 bridgehead atoms. The Labute approximate surface area is 155 Å². The maximum Gasteiger partial charge on any atom is 0.316 e. The summed E-state index contributed by atoms with van der Waals surface area (Å²) in [6.45, 7) is 4.82. The minimum atomic E-state index is -1.01. The Balaban J connectivity index is 2.45. The molecule has 0 radical (unpaired) electrons. The van der Waals surface area contributed by atoms with E-state index in [2.05, 4.69) is 11.4 Å². The summed E-state index contributed by atoms with van der Waals surface area (Å²) in [7, 11) is 0. The lowest BCUT2D eigenvalue weighted by atomic mass is 9.90. The summed E-state index contributed by atoms with van der Waals surface area (Å²) < 4.78 is 4.91. The number of thioether (sulfide) groups is 1. The second-order valence-corrected chi connectivity index (χ2v) is 7.40. The van der Waals surface area contributed by atoms with E-state index < -0.39 is 24.0 Å². The average Bonchev–Trinajstić information content (AvgIpc) is 2.53. The average molecular weight is 389 g/mol. The molecule has 0 aliphatic carbocycles. The highest BCUT2D eigenvalue weighted by molar-refractivity contribution is 8.00. The largest absolute Gasteiger partial charge is 0.455 e. The van der Waals surface area contributed by atoms with Crippen LogP contribution in [0.15, 0.2) is 23.1 Å². The van der Waals surface area contributed by atoms with Crippen molar-refractivity contribution in [3.63, 3.8) is 0 Å². The molecule has 1 aromatic rings. The first-order valence-electron chi connectivity index (χ1n) is 7.13. The SMILES string of the molecule is CC(C)[C@@](C)(C#N)NC(=O)COC(=O)CSc1cc(Cl)ccc1Cl. The summed E-state index contributed by atoms with van der Waals surface area (Å²) in [6.07, 6.45) is 0. The number of rotatable bonds is 7. The minimum Gasteiger partial charge on any atom is -0.455 e. The van der Waals surface area contributed by atoms with Crippen molar-refractivity contribution < 1.29 is 14.3 Å². The predicted octanol–water partition coefficient (Wildman–Crippen LogP) is 3.68. The second kappa shape index (κ2) is 9.16. The Hall–Kier alpha value is -1.42. The van der Waals surface area contributed by atoms with Crippen LogP contribution in [0.25, 0.3) is 0 Å². The number of carbonyl (C=O) groups excluding carboxylic acids is 2. The van der Waals surface area contributed by atoms with E-state index in [0.29, 0.717) is 14.9 Å². The number of benzene rings is 1. The highest BCUT2D eigenvalue weighted by atomic mass is 35.5. The first-order valence-corrected chi connectivity index (χ1v) is 8.88. The predicted molar refractivity (Wildman–Crippen MR) is 95.1 cm³/mol. The zero-order chi connectivity index (χ0) is 18.3. The van der Waals surface area contributed by atoms with Crippen molar-refractivity contribution in [1.82, 2.24) is 5.32 Å². The fourth-order valence-corrected chi connectivity index (χ4v) is 2.83. The van der Waals surface area contributed by atoms with E-state index in [1.165, 1.54) is 11.8 Å². The number of ether oxygens (including phenoxy) is 1. The van der Waals surface area contributed by atoms with Crippen LogP contribution in [0.5, 0.6) is 0 Å². The third-order valence-corrected chi connectivity index (χ3v) is 5.09. The number of nitrogens with one attached hydrogen (secondary N) is 1. The van der Waals surface area contributed by atoms with Gasteiger partial charge in [-0.05, 0) is 31.0 Å². The molecule has 0 unspecified atom stereocenters. The molecule has 8 heteroatoms. The van der Waals surface area contributed by atoms with Crippen molar-refractivity contribution in [2.45, 2.75) is 31.2 Å². The highest BCUT2D eigenvalue weighted by Crippen LogP contribution is 2.29. The van der Waals surface area contributed by atoms with Crippen LogP contribution in [-0.4, -0.2) is 29.8 Å². The Bertz CT molecular complexity index is 661. The highest BCUT2D eigenvalue weighted by Gasteiger charge is 2.30. The maximum atomic E-state index is 11.8. The van der Waals surface area contributed by atoms with Gasteiger partial charge in [0.2, 0.25) is 0 Å². The van der Waals surface area contributed by atoms with Crippen LogP contribution in [0.4, 0.5) is 0 Å². The number of amides is 1. The number of nitrogens with zero attached hydrogens (tertiary/aromatic N) is 1. The topological polar surface area (TPSA) is 79.2 Å². The molecule has 130 valence electrons. The van der Waals surface area contributed by atoms with Crippen LogP contribution < -0.4 is 5.32 Å². The van der Waals surface area contributed by atoms with Crippen LogP contribution >= 0.6 is 35.0 Å². The summed E-state index contributed by atoms with van der Waals surface area (Å²) in [5, 5.41) is 12.7. The molecule has 1 N–H and O–H groups in total. The molecule has 1 aromatic carbocycles. The monoisotopic (exact) mass is 388 g/mol. The Kier molecular flexibility index (Phi) is 7.88. The van der Waals surface area contributed by atoms with Gasteiger partial charge in [0.25, 0.3) is 5.91 Å². The molecule has 0 aromatic heterocycles. The summed E-state index contributed by atoms with van der Waals surface area (Å²) in [5.41, 5.74) is -1.01. The molecule has 0 saturated heterocycles. The molecule has 1 rings (SSSR count). The number of hydrogen-bond donors (Lipinski definition) is 1. The van der Waals surface area contributed by atoms with Crippen molar-refractivity contribution in [1.29, 1.82) is 5.26 Å². The first kappa shape index (κ1) is 20.6. The molecular weight excluding hydrogens is 371 g/mol. The smallest absolute Gasteiger partial charge is 0.316 e. The lowest BCUT2D eigenvalue weighted by molar-refractivity contribution is -0.146. The third kappa shape index (κ3) is 6.23. The van der Waals surface area contributed by atoms with E-state index in [1.54, 1.807) is 25.1 Å². The molecule has 0 fully saturated rings. The quantitative estimate of drug-likeness (QED) is 0.569. The number of halogens is 2. The lowest BCUT2D eigenvalue weighted by Crippen LogP contribution is -2.50. The second-order valence-electron chi connectivity index (χ2n) is 5.54. The van der Waals surface area contributed by atoms with Gasteiger partial charge in [0, 0.05) is 9.92 Å². The molecular formula is C16H18Cl2N2O3S. The molecule has 0 aliphatic rings. The molecule has 1 atom stereocenters. The van der Waals surface area contributed by atoms with E-state index in [-0.39, 0.29) is 11.7 Å². The molecule has 1 amide bonds. The van der Waals surface area contributed by atoms with Crippen molar-refractivity contribution in [2.75, 3.05) is 12.4 Å². The van der Waals surface area contributed by atoms with Gasteiger partial charge in [-0.1, -0.05) is 37.0 Å². The summed E-state index contributed by atoms with van der Waals surface area (Å²) in [5.74, 6) is -1.17. The van der Waals surface area contributed by atoms with Gasteiger partial charge in [-0.2, -0.15) is 5.26 Å². The fourth-order valence-electron chi connectivity index (χ4n) is 1.54. The van der Waals surface area contributed by atoms with Crippen molar-refractivity contribution in [3.8, 4) is 6.07 Å². The van der Waals surface area contributed by atoms with Crippen molar-refractivity contribution >= 4 is 46.8 Å². The van der Waals surface area contributed by atoms with E-state index in [9.17, 15) is 9.59 Å². The molecule has 24 heavy (non-hydrogen) atoms. The van der Waals surface area contributed by atoms with Crippen LogP contribution in [0.3, 0.4) is 0 Å². The molecule has 0 heterocycles. The zero-order valence-corrected chi connectivity index (χ0v) is 15.9. The fraction of sp³-hybridized carbons (Fsp3) is 0.438. The Morgan fingerprint density at radius 2 is 2.08 bits per heavy atom. The van der Waals surface area contributed by atoms with Gasteiger partial charge >= 0.3 is 5.97 Å². The van der Waals surface area contributed by atoms with E-state index in [4.69, 9.17) is 33.2 Å². The number of carbonyl (C=O) groups is 2. The number of hydrogen-bond acceptors (Lipinski definition) is 5. The van der Waals surface area contributed by atoms with E-state index in [1.807, 2.05) is 13.8 Å². The van der Waals surface area contributed by atoms with Crippen LogP contribution in [0.1, 0.15) is 20.8 Å². The van der Waals surface area contributed by atoms with Crippen LogP contribution in [0.2, 0.25) is 10.0 Å². The summed E-state index contributed by atoms with van der Waals surface area (Å²) in [6, 6.07) is 6.99. The van der Waals surface area contributed by atoms with E-state index >= 15 is 0 Å². The Morgan fingerprint density at radius 3 is 2.67 bits per heavy atom. The van der Waals surface area contributed by atoms with Gasteiger partial charge in [-0.3, -0.25) is 9.59 Å². The minimum absolute atomic E-state index is 0.00690. The van der Waals surface area contributed by atoms with Gasteiger partial charge < -0.3 is 10.1 Å². The molecule has 0 spiro atoms. The van der Waals surface area contributed by atoms with Gasteiger partial charge in [-0.15, -0.1) is 11.8 Å². The summed E-state index contributed by atoms with van der Waals surface area (Å²) in [4.78, 5) is 24.2. The van der Waals surface area contributed by atoms with Crippen LogP contribution in [0, 0.1) is 17.2 Å². The van der Waals surface area contributed by atoms with E-state index in [0.717, 1.165) is 0 Å². The maximum absolute atomic E-state index is 11.8. The molecule has 5 nitrogen and oxygen atoms in total. The van der Waals surface area contributed by atoms with Crippen molar-refractivity contribution in [2.24, 2.45) is 5.92 Å². The number of nitriles is 1. The normalized spacial score (nSPS) is 13.0. The number of esters is 1. The zero-order valence-electron chi connectivity index (χ0n) is 13.6. The van der Waals surface area contributed by atoms with Gasteiger partial charge in [0.1, 0.15) is 5.54 Å².